The van der Waals surface area contributed by atoms with Gasteiger partial charge in [0.25, 0.3) is 0 Å². The number of hydrogen-bond acceptors (Lipinski definition) is 2. The second-order valence-electron chi connectivity index (χ2n) is 7.79. The third-order valence-electron chi connectivity index (χ3n) is 4.29. The number of nitrogens with zero attached hydrogens (tertiary/aromatic N) is 1. The fraction of sp³-hybridized carbons (Fsp3) is 0.632. The van der Waals surface area contributed by atoms with Gasteiger partial charge in [0, 0.05) is 24.8 Å². The standard InChI is InChI=1S/C19H31N3O.HI/c1-13-9-14(2)11-16(10-13)22-18(20)21-12-15-7-6-8-23-17(15)19(3,4)5;/h9-11,15,17H,6-8,12H2,1-5H3,(H3,20,21,22);1H. The summed E-state index contributed by atoms with van der Waals surface area (Å²) in [6.45, 7) is 12.4. The summed E-state index contributed by atoms with van der Waals surface area (Å²) in [4.78, 5) is 4.57. The van der Waals surface area contributed by atoms with E-state index in [2.05, 4.69) is 63.1 Å². The molecule has 1 heterocycles. The first-order valence-electron chi connectivity index (χ1n) is 8.52. The Bertz CT molecular complexity index is 546. The molecule has 0 amide bonds. The molecule has 0 aliphatic carbocycles. The van der Waals surface area contributed by atoms with Crippen molar-refractivity contribution in [3.63, 3.8) is 0 Å². The maximum absolute atomic E-state index is 6.08. The predicted molar refractivity (Wildman–Crippen MR) is 113 cm³/mol. The largest absolute Gasteiger partial charge is 0.377 e. The van der Waals surface area contributed by atoms with E-state index in [1.165, 1.54) is 11.1 Å². The van der Waals surface area contributed by atoms with E-state index >= 15 is 0 Å². The van der Waals surface area contributed by atoms with Crippen LogP contribution in [0.2, 0.25) is 0 Å². The normalized spacial score (nSPS) is 22.0. The first-order valence-corrected chi connectivity index (χ1v) is 8.52. The zero-order valence-corrected chi connectivity index (χ0v) is 17.9. The van der Waals surface area contributed by atoms with Crippen molar-refractivity contribution >= 4 is 35.6 Å². The lowest BCUT2D eigenvalue weighted by Gasteiger charge is -2.39. The van der Waals surface area contributed by atoms with Crippen LogP contribution in [0, 0.1) is 25.2 Å². The molecule has 1 aliphatic heterocycles. The predicted octanol–water partition coefficient (Wildman–Crippen LogP) is 4.49. The SMILES string of the molecule is Cc1cc(C)cc(NC(N)=NCC2CCCOC2C(C)(C)C)c1.I. The highest BCUT2D eigenvalue weighted by molar-refractivity contribution is 14.0. The van der Waals surface area contributed by atoms with Crippen LogP contribution in [0.5, 0.6) is 0 Å². The Balaban J connectivity index is 0.00000288. The van der Waals surface area contributed by atoms with Crippen LogP contribution in [0.15, 0.2) is 23.2 Å². The molecule has 1 aromatic carbocycles. The molecule has 1 aliphatic rings. The third-order valence-corrected chi connectivity index (χ3v) is 4.29. The zero-order valence-electron chi connectivity index (χ0n) is 15.6. The zero-order chi connectivity index (χ0) is 17.0. The minimum absolute atomic E-state index is 0. The first-order chi connectivity index (χ1) is 10.8. The molecular formula is C19H32IN3O. The van der Waals surface area contributed by atoms with Gasteiger partial charge in [0.2, 0.25) is 0 Å². The lowest BCUT2D eigenvalue weighted by Crippen LogP contribution is -2.41. The number of aryl methyl sites for hydroxylation is 2. The van der Waals surface area contributed by atoms with Gasteiger partial charge < -0.3 is 15.8 Å². The van der Waals surface area contributed by atoms with Crippen LogP contribution in [0.3, 0.4) is 0 Å². The summed E-state index contributed by atoms with van der Waals surface area (Å²) >= 11 is 0. The molecule has 3 N–H and O–H groups in total. The first kappa shape index (κ1) is 21.2. The molecular weight excluding hydrogens is 413 g/mol. The van der Waals surface area contributed by atoms with Crippen LogP contribution in [0.4, 0.5) is 5.69 Å². The van der Waals surface area contributed by atoms with Crippen LogP contribution in [-0.4, -0.2) is 25.2 Å². The van der Waals surface area contributed by atoms with Crippen LogP contribution in [-0.2, 0) is 4.74 Å². The molecule has 0 radical (unpaired) electrons. The topological polar surface area (TPSA) is 59.6 Å². The van der Waals surface area contributed by atoms with E-state index in [0.29, 0.717) is 18.4 Å². The summed E-state index contributed by atoms with van der Waals surface area (Å²) in [7, 11) is 0. The smallest absolute Gasteiger partial charge is 0.193 e. The quantitative estimate of drug-likeness (QED) is 0.410. The molecule has 5 heteroatoms. The fourth-order valence-corrected chi connectivity index (χ4v) is 3.44. The molecule has 0 bridgehead atoms. The fourth-order valence-electron chi connectivity index (χ4n) is 3.44. The van der Waals surface area contributed by atoms with E-state index in [4.69, 9.17) is 10.5 Å². The van der Waals surface area contributed by atoms with Crippen molar-refractivity contribution in [1.82, 2.24) is 0 Å². The lowest BCUT2D eigenvalue weighted by atomic mass is 9.78. The van der Waals surface area contributed by atoms with Crippen LogP contribution in [0.1, 0.15) is 44.7 Å². The summed E-state index contributed by atoms with van der Waals surface area (Å²) < 4.78 is 6.01. The van der Waals surface area contributed by atoms with Crippen molar-refractivity contribution in [3.8, 4) is 0 Å². The molecule has 2 atom stereocenters. The molecule has 0 saturated carbocycles. The maximum Gasteiger partial charge on any atom is 0.193 e. The minimum atomic E-state index is 0. The van der Waals surface area contributed by atoms with E-state index in [1.54, 1.807) is 0 Å². The Kier molecular flexibility index (Phi) is 7.99. The molecule has 0 aromatic heterocycles. The van der Waals surface area contributed by atoms with Crippen molar-refractivity contribution in [2.24, 2.45) is 22.1 Å². The summed E-state index contributed by atoms with van der Waals surface area (Å²) in [5.74, 6) is 0.913. The van der Waals surface area contributed by atoms with E-state index in [0.717, 1.165) is 25.1 Å². The summed E-state index contributed by atoms with van der Waals surface area (Å²) in [5.41, 5.74) is 9.64. The third kappa shape index (κ3) is 6.24. The Morgan fingerprint density at radius 1 is 1.25 bits per heavy atom. The number of anilines is 1. The molecule has 2 unspecified atom stereocenters. The number of nitrogens with two attached hydrogens (primary N) is 1. The van der Waals surface area contributed by atoms with E-state index < -0.39 is 0 Å². The molecule has 0 spiro atoms. The number of guanidine groups is 1. The van der Waals surface area contributed by atoms with Crippen LogP contribution < -0.4 is 11.1 Å². The maximum atomic E-state index is 6.08. The summed E-state index contributed by atoms with van der Waals surface area (Å²) in [6.07, 6.45) is 2.51. The van der Waals surface area contributed by atoms with Crippen molar-refractivity contribution < 1.29 is 4.74 Å². The Hall–Kier alpha value is -0.820. The number of halogens is 1. The van der Waals surface area contributed by atoms with Crippen molar-refractivity contribution in [1.29, 1.82) is 0 Å². The van der Waals surface area contributed by atoms with Crippen LogP contribution >= 0.6 is 24.0 Å². The van der Waals surface area contributed by atoms with E-state index in [-0.39, 0.29) is 35.5 Å². The Morgan fingerprint density at radius 2 is 1.88 bits per heavy atom. The number of rotatable bonds is 3. The van der Waals surface area contributed by atoms with Gasteiger partial charge in [-0.2, -0.15) is 0 Å². The molecule has 1 fully saturated rings. The van der Waals surface area contributed by atoms with Gasteiger partial charge in [-0.15, -0.1) is 24.0 Å². The average molecular weight is 445 g/mol. The molecule has 24 heavy (non-hydrogen) atoms. The second-order valence-corrected chi connectivity index (χ2v) is 7.79. The number of aliphatic imine (C=N–C) groups is 1. The highest BCUT2D eigenvalue weighted by Gasteiger charge is 2.35. The van der Waals surface area contributed by atoms with E-state index in [9.17, 15) is 0 Å². The van der Waals surface area contributed by atoms with Gasteiger partial charge in [-0.05, 0) is 55.4 Å². The Morgan fingerprint density at radius 3 is 2.46 bits per heavy atom. The molecule has 2 rings (SSSR count). The van der Waals surface area contributed by atoms with Gasteiger partial charge in [-0.25, -0.2) is 0 Å². The highest BCUT2D eigenvalue weighted by atomic mass is 127. The number of ether oxygens (including phenoxy) is 1. The van der Waals surface area contributed by atoms with Gasteiger partial charge >= 0.3 is 0 Å². The number of hydrogen-bond donors (Lipinski definition) is 2. The second kappa shape index (κ2) is 9.04. The molecule has 136 valence electrons. The molecule has 1 aromatic rings. The summed E-state index contributed by atoms with van der Waals surface area (Å²) in [6, 6.07) is 6.31. The monoisotopic (exact) mass is 445 g/mol. The van der Waals surface area contributed by atoms with Crippen molar-refractivity contribution in [3.05, 3.63) is 29.3 Å². The van der Waals surface area contributed by atoms with Crippen LogP contribution in [0.25, 0.3) is 0 Å². The van der Waals surface area contributed by atoms with Gasteiger partial charge in [-0.1, -0.05) is 26.8 Å². The molecule has 1 saturated heterocycles. The van der Waals surface area contributed by atoms with Gasteiger partial charge in [-0.3, -0.25) is 4.99 Å². The summed E-state index contributed by atoms with van der Waals surface area (Å²) in [5, 5.41) is 3.20. The number of nitrogens with one attached hydrogen (secondary N) is 1. The highest BCUT2D eigenvalue weighted by Crippen LogP contribution is 2.34. The van der Waals surface area contributed by atoms with Gasteiger partial charge in [0.05, 0.1) is 6.10 Å². The van der Waals surface area contributed by atoms with Gasteiger partial charge in [0.15, 0.2) is 5.96 Å². The van der Waals surface area contributed by atoms with E-state index in [1.807, 2.05) is 0 Å². The number of benzene rings is 1. The molecule has 4 nitrogen and oxygen atoms in total. The van der Waals surface area contributed by atoms with Crippen molar-refractivity contribution in [2.45, 2.75) is 53.6 Å². The van der Waals surface area contributed by atoms with Gasteiger partial charge in [0.1, 0.15) is 0 Å². The van der Waals surface area contributed by atoms with Crippen molar-refractivity contribution in [2.75, 3.05) is 18.5 Å². The average Bonchev–Trinajstić information content (AvgIpc) is 2.43. The Labute approximate surface area is 163 Å². The minimum Gasteiger partial charge on any atom is -0.377 e. The lowest BCUT2D eigenvalue weighted by molar-refractivity contribution is -0.0823.